The molecule has 118 valence electrons. The first-order valence-corrected chi connectivity index (χ1v) is 8.76. The monoisotopic (exact) mass is 358 g/mol. The Labute approximate surface area is 141 Å². The summed E-state index contributed by atoms with van der Waals surface area (Å²) in [7, 11) is -4.03. The first kappa shape index (κ1) is 17.1. The quantitative estimate of drug-likeness (QED) is 0.720. The maximum atomic E-state index is 12.3. The van der Waals surface area contributed by atoms with E-state index in [1.807, 2.05) is 12.1 Å². The van der Waals surface area contributed by atoms with Gasteiger partial charge in [-0.25, -0.2) is 0 Å². The highest BCUT2D eigenvalue weighted by atomic mass is 35.5. The number of rotatable bonds is 3. The second kappa shape index (κ2) is 6.11. The van der Waals surface area contributed by atoms with Crippen molar-refractivity contribution in [1.82, 2.24) is 0 Å². The van der Waals surface area contributed by atoms with Gasteiger partial charge in [0, 0.05) is 5.02 Å². The van der Waals surface area contributed by atoms with E-state index in [0.717, 1.165) is 5.56 Å². The van der Waals surface area contributed by atoms with Gasteiger partial charge in [-0.05, 0) is 41.3 Å². The molecular formula is C16H16Cl2O3S. The molecule has 0 N–H and O–H groups in total. The maximum absolute atomic E-state index is 12.3. The van der Waals surface area contributed by atoms with E-state index in [-0.39, 0.29) is 26.1 Å². The smallest absolute Gasteiger partial charge is 0.340 e. The fourth-order valence-electron chi connectivity index (χ4n) is 1.85. The van der Waals surface area contributed by atoms with Crippen molar-refractivity contribution in [3.63, 3.8) is 0 Å². The summed E-state index contributed by atoms with van der Waals surface area (Å²) in [5.41, 5.74) is 1.06. The van der Waals surface area contributed by atoms with Crippen LogP contribution in [0.25, 0.3) is 0 Å². The number of hydrogen-bond donors (Lipinski definition) is 0. The van der Waals surface area contributed by atoms with Crippen molar-refractivity contribution in [2.75, 3.05) is 0 Å². The molecule has 0 saturated carbocycles. The van der Waals surface area contributed by atoms with Gasteiger partial charge in [-0.1, -0.05) is 56.1 Å². The van der Waals surface area contributed by atoms with Gasteiger partial charge >= 0.3 is 10.1 Å². The average Bonchev–Trinajstić information content (AvgIpc) is 2.40. The van der Waals surface area contributed by atoms with Crippen LogP contribution in [0.2, 0.25) is 10.0 Å². The highest BCUT2D eigenvalue weighted by Gasteiger charge is 2.21. The Morgan fingerprint density at radius 3 is 2.09 bits per heavy atom. The van der Waals surface area contributed by atoms with Gasteiger partial charge < -0.3 is 4.18 Å². The van der Waals surface area contributed by atoms with Gasteiger partial charge in [-0.3, -0.25) is 0 Å². The predicted octanol–water partition coefficient (Wildman–Crippen LogP) is 5.06. The Morgan fingerprint density at radius 2 is 1.55 bits per heavy atom. The molecule has 0 radical (unpaired) electrons. The van der Waals surface area contributed by atoms with Gasteiger partial charge in [0.15, 0.2) is 0 Å². The number of hydrogen-bond acceptors (Lipinski definition) is 3. The summed E-state index contributed by atoms with van der Waals surface area (Å²) in [6.07, 6.45) is 0. The fraction of sp³-hybridized carbons (Fsp3) is 0.250. The Hall–Kier alpha value is -1.23. The zero-order valence-electron chi connectivity index (χ0n) is 12.4. The summed E-state index contributed by atoms with van der Waals surface area (Å²) in [5, 5.41) is 0.338. The van der Waals surface area contributed by atoms with E-state index in [0.29, 0.717) is 0 Å². The topological polar surface area (TPSA) is 43.4 Å². The minimum Gasteiger partial charge on any atom is -0.379 e. The van der Waals surface area contributed by atoms with Crippen molar-refractivity contribution in [2.24, 2.45) is 0 Å². The molecule has 0 saturated heterocycles. The molecule has 0 aliphatic carbocycles. The van der Waals surface area contributed by atoms with Crippen molar-refractivity contribution in [1.29, 1.82) is 0 Å². The van der Waals surface area contributed by atoms with E-state index < -0.39 is 10.1 Å². The highest BCUT2D eigenvalue weighted by Crippen LogP contribution is 2.29. The second-order valence-corrected chi connectivity index (χ2v) is 8.24. The lowest BCUT2D eigenvalue weighted by Gasteiger charge is -2.19. The summed E-state index contributed by atoms with van der Waals surface area (Å²) in [6.45, 7) is 6.22. The molecule has 0 bridgehead atoms. The van der Waals surface area contributed by atoms with Crippen LogP contribution in [0.1, 0.15) is 26.3 Å². The Kier molecular flexibility index (Phi) is 4.76. The molecule has 0 atom stereocenters. The summed E-state index contributed by atoms with van der Waals surface area (Å²) in [6, 6.07) is 11.1. The van der Waals surface area contributed by atoms with Gasteiger partial charge in [-0.2, -0.15) is 8.42 Å². The zero-order valence-corrected chi connectivity index (χ0v) is 14.8. The molecule has 0 amide bonds. The first-order chi connectivity index (χ1) is 10.1. The number of benzene rings is 2. The van der Waals surface area contributed by atoms with E-state index in [1.165, 1.54) is 18.2 Å². The first-order valence-electron chi connectivity index (χ1n) is 6.60. The van der Waals surface area contributed by atoms with Crippen LogP contribution in [0.3, 0.4) is 0 Å². The van der Waals surface area contributed by atoms with Crippen LogP contribution >= 0.6 is 23.2 Å². The molecule has 0 unspecified atom stereocenters. The van der Waals surface area contributed by atoms with Crippen LogP contribution in [0, 0.1) is 0 Å². The molecule has 2 aromatic rings. The lowest BCUT2D eigenvalue weighted by molar-refractivity contribution is 0.485. The molecule has 0 aromatic heterocycles. The minimum atomic E-state index is -4.03. The molecule has 0 heterocycles. The third-order valence-electron chi connectivity index (χ3n) is 3.09. The Balaban J connectivity index is 2.31. The summed E-state index contributed by atoms with van der Waals surface area (Å²) in [5.74, 6) is 0.226. The molecule has 2 aromatic carbocycles. The lowest BCUT2D eigenvalue weighted by Crippen LogP contribution is -2.12. The molecule has 0 fully saturated rings. The van der Waals surface area contributed by atoms with Gasteiger partial charge in [0.2, 0.25) is 0 Å². The van der Waals surface area contributed by atoms with Gasteiger partial charge in [-0.15, -0.1) is 0 Å². The third kappa shape index (κ3) is 3.94. The minimum absolute atomic E-state index is 0.0202. The van der Waals surface area contributed by atoms with Crippen LogP contribution in [0.15, 0.2) is 47.4 Å². The standard InChI is InChI=1S/C16H16Cl2O3S/c1-16(2,3)11-4-7-13(8-5-11)21-22(19,20)15-10-12(17)6-9-14(15)18/h4-10H,1-3H3. The maximum Gasteiger partial charge on any atom is 0.340 e. The van der Waals surface area contributed by atoms with E-state index in [2.05, 4.69) is 20.8 Å². The highest BCUT2D eigenvalue weighted by molar-refractivity contribution is 7.87. The van der Waals surface area contributed by atoms with Crippen molar-refractivity contribution >= 4 is 33.3 Å². The molecule has 22 heavy (non-hydrogen) atoms. The number of halogens is 2. The lowest BCUT2D eigenvalue weighted by atomic mass is 9.87. The fourth-order valence-corrected chi connectivity index (χ4v) is 3.52. The predicted molar refractivity (Wildman–Crippen MR) is 89.4 cm³/mol. The SMILES string of the molecule is CC(C)(C)c1ccc(OS(=O)(=O)c2cc(Cl)ccc2Cl)cc1. The van der Waals surface area contributed by atoms with Crippen LogP contribution in [-0.4, -0.2) is 8.42 Å². The molecular weight excluding hydrogens is 343 g/mol. The normalized spacial score (nSPS) is 12.2. The van der Waals surface area contributed by atoms with E-state index in [4.69, 9.17) is 27.4 Å². The van der Waals surface area contributed by atoms with Gasteiger partial charge in [0.05, 0.1) is 5.02 Å². The van der Waals surface area contributed by atoms with Crippen molar-refractivity contribution in [3.8, 4) is 5.75 Å². The molecule has 0 aliphatic rings. The molecule has 0 aliphatic heterocycles. The summed E-state index contributed by atoms with van der Waals surface area (Å²) >= 11 is 11.7. The van der Waals surface area contributed by atoms with E-state index >= 15 is 0 Å². The largest absolute Gasteiger partial charge is 0.379 e. The Bertz CT molecular complexity index is 776. The van der Waals surface area contributed by atoms with Crippen LogP contribution in [0.4, 0.5) is 0 Å². The van der Waals surface area contributed by atoms with Gasteiger partial charge in [0.1, 0.15) is 10.6 Å². The van der Waals surface area contributed by atoms with Crippen LogP contribution in [0.5, 0.6) is 5.75 Å². The Morgan fingerprint density at radius 1 is 0.955 bits per heavy atom. The molecule has 6 heteroatoms. The molecule has 0 spiro atoms. The zero-order chi connectivity index (χ0) is 16.5. The van der Waals surface area contributed by atoms with Crippen molar-refractivity contribution in [3.05, 3.63) is 58.1 Å². The van der Waals surface area contributed by atoms with Gasteiger partial charge in [0.25, 0.3) is 0 Å². The van der Waals surface area contributed by atoms with Crippen LogP contribution < -0.4 is 4.18 Å². The van der Waals surface area contributed by atoms with Crippen LogP contribution in [-0.2, 0) is 15.5 Å². The third-order valence-corrected chi connectivity index (χ3v) is 5.05. The van der Waals surface area contributed by atoms with Crippen molar-refractivity contribution in [2.45, 2.75) is 31.1 Å². The van der Waals surface area contributed by atoms with E-state index in [9.17, 15) is 8.42 Å². The molecule has 2 rings (SSSR count). The summed E-state index contributed by atoms with van der Waals surface area (Å²) in [4.78, 5) is -0.151. The van der Waals surface area contributed by atoms with Crippen molar-refractivity contribution < 1.29 is 12.6 Å². The van der Waals surface area contributed by atoms with E-state index in [1.54, 1.807) is 12.1 Å². The second-order valence-electron chi connectivity index (χ2n) is 5.89. The summed E-state index contributed by atoms with van der Waals surface area (Å²) < 4.78 is 29.7. The molecule has 3 nitrogen and oxygen atoms in total. The average molecular weight is 359 g/mol.